The first-order valence-electron chi connectivity index (χ1n) is 7.66. The van der Waals surface area contributed by atoms with Crippen molar-refractivity contribution in [2.24, 2.45) is 5.73 Å². The highest BCUT2D eigenvalue weighted by molar-refractivity contribution is 5.81. The molecule has 6 heteroatoms. The number of hydrogen-bond donors (Lipinski definition) is 1. The van der Waals surface area contributed by atoms with E-state index >= 15 is 0 Å². The highest BCUT2D eigenvalue weighted by atomic mass is 19.1. The maximum Gasteiger partial charge on any atom is 0.266 e. The van der Waals surface area contributed by atoms with E-state index in [0.717, 1.165) is 23.8 Å². The van der Waals surface area contributed by atoms with Crippen molar-refractivity contribution >= 4 is 10.9 Å². The third-order valence-electron chi connectivity index (χ3n) is 4.00. The molecule has 3 rings (SSSR count). The van der Waals surface area contributed by atoms with Crippen LogP contribution in [0, 0.1) is 18.6 Å². The van der Waals surface area contributed by atoms with Crippen LogP contribution in [0.1, 0.15) is 30.8 Å². The Balaban J connectivity index is 2.45. The van der Waals surface area contributed by atoms with Gasteiger partial charge in [0.1, 0.15) is 17.5 Å². The average molecular weight is 329 g/mol. The van der Waals surface area contributed by atoms with Gasteiger partial charge in [-0.3, -0.25) is 9.36 Å². The number of para-hydroxylation sites is 1. The molecule has 2 aromatic carbocycles. The molecule has 1 heterocycles. The molecule has 0 saturated heterocycles. The van der Waals surface area contributed by atoms with E-state index in [1.807, 2.05) is 19.9 Å². The van der Waals surface area contributed by atoms with Crippen LogP contribution in [0.25, 0.3) is 16.6 Å². The number of hydrogen-bond acceptors (Lipinski definition) is 3. The summed E-state index contributed by atoms with van der Waals surface area (Å²) >= 11 is 0. The fourth-order valence-electron chi connectivity index (χ4n) is 2.72. The first-order valence-corrected chi connectivity index (χ1v) is 7.66. The Morgan fingerprint density at radius 2 is 1.88 bits per heavy atom. The lowest BCUT2D eigenvalue weighted by atomic mass is 10.1. The Hall–Kier alpha value is -2.60. The van der Waals surface area contributed by atoms with Crippen molar-refractivity contribution in [2.75, 3.05) is 0 Å². The molecule has 1 atom stereocenters. The van der Waals surface area contributed by atoms with Crippen molar-refractivity contribution in [1.82, 2.24) is 9.55 Å². The van der Waals surface area contributed by atoms with Gasteiger partial charge in [0.25, 0.3) is 5.56 Å². The van der Waals surface area contributed by atoms with Gasteiger partial charge in [0.2, 0.25) is 0 Å². The summed E-state index contributed by atoms with van der Waals surface area (Å²) in [6.07, 6.45) is 0.529. The average Bonchev–Trinajstić information content (AvgIpc) is 2.53. The van der Waals surface area contributed by atoms with Gasteiger partial charge in [0.15, 0.2) is 0 Å². The Morgan fingerprint density at radius 1 is 1.21 bits per heavy atom. The Bertz CT molecular complexity index is 962. The second-order valence-corrected chi connectivity index (χ2v) is 5.72. The molecule has 24 heavy (non-hydrogen) atoms. The third-order valence-corrected chi connectivity index (χ3v) is 4.00. The summed E-state index contributed by atoms with van der Waals surface area (Å²) in [6.45, 7) is 3.71. The van der Waals surface area contributed by atoms with Gasteiger partial charge >= 0.3 is 0 Å². The molecule has 2 N–H and O–H groups in total. The molecule has 124 valence electrons. The van der Waals surface area contributed by atoms with Crippen LogP contribution in [-0.2, 0) is 0 Å². The van der Waals surface area contributed by atoms with E-state index in [2.05, 4.69) is 4.98 Å². The highest BCUT2D eigenvalue weighted by Gasteiger charge is 2.19. The molecule has 0 fully saturated rings. The summed E-state index contributed by atoms with van der Waals surface area (Å²) in [5.41, 5.74) is 7.18. The molecule has 3 aromatic rings. The molecule has 0 radical (unpaired) electrons. The Morgan fingerprint density at radius 3 is 2.50 bits per heavy atom. The standard InChI is InChI=1S/C18H17F2N3O/c1-3-15(21)17-22-16-10(2)5-4-6-14(16)18(24)23(17)13-8-11(19)7-12(20)9-13/h4-9,15H,3,21H2,1-2H3. The fourth-order valence-corrected chi connectivity index (χ4v) is 2.72. The minimum Gasteiger partial charge on any atom is -0.321 e. The van der Waals surface area contributed by atoms with E-state index in [4.69, 9.17) is 5.73 Å². The van der Waals surface area contributed by atoms with Crippen LogP contribution in [0.4, 0.5) is 8.78 Å². The van der Waals surface area contributed by atoms with Crippen molar-refractivity contribution in [3.8, 4) is 5.69 Å². The van der Waals surface area contributed by atoms with Crippen molar-refractivity contribution in [1.29, 1.82) is 0 Å². The lowest BCUT2D eigenvalue weighted by molar-refractivity contribution is 0.576. The zero-order chi connectivity index (χ0) is 17.4. The number of aryl methyl sites for hydroxylation is 1. The monoisotopic (exact) mass is 329 g/mol. The first-order chi connectivity index (χ1) is 11.4. The Labute approximate surface area is 137 Å². The van der Waals surface area contributed by atoms with Crippen LogP contribution in [0.5, 0.6) is 0 Å². The predicted molar refractivity (Wildman–Crippen MR) is 89.2 cm³/mol. The van der Waals surface area contributed by atoms with Crippen LogP contribution in [0.2, 0.25) is 0 Å². The van der Waals surface area contributed by atoms with E-state index in [-0.39, 0.29) is 11.5 Å². The molecule has 4 nitrogen and oxygen atoms in total. The zero-order valence-corrected chi connectivity index (χ0v) is 13.4. The lowest BCUT2D eigenvalue weighted by Gasteiger charge is -2.18. The maximum absolute atomic E-state index is 13.6. The van der Waals surface area contributed by atoms with Gasteiger partial charge in [0, 0.05) is 6.07 Å². The fraction of sp³-hybridized carbons (Fsp3) is 0.222. The summed E-state index contributed by atoms with van der Waals surface area (Å²) in [5, 5.41) is 0.381. The lowest BCUT2D eigenvalue weighted by Crippen LogP contribution is -2.28. The summed E-state index contributed by atoms with van der Waals surface area (Å²) < 4.78 is 28.5. The van der Waals surface area contributed by atoms with Crippen LogP contribution in [0.3, 0.4) is 0 Å². The topological polar surface area (TPSA) is 60.9 Å². The van der Waals surface area contributed by atoms with Gasteiger partial charge in [-0.1, -0.05) is 19.1 Å². The highest BCUT2D eigenvalue weighted by Crippen LogP contribution is 2.21. The Kier molecular flexibility index (Phi) is 4.15. The summed E-state index contributed by atoms with van der Waals surface area (Å²) in [5.74, 6) is -1.25. The number of nitrogens with zero attached hydrogens (tertiary/aromatic N) is 2. The SMILES string of the molecule is CCC(N)c1nc2c(C)cccc2c(=O)n1-c1cc(F)cc(F)c1. The van der Waals surface area contributed by atoms with Crippen molar-refractivity contribution < 1.29 is 8.78 Å². The van der Waals surface area contributed by atoms with Crippen molar-refractivity contribution in [2.45, 2.75) is 26.3 Å². The van der Waals surface area contributed by atoms with E-state index in [1.54, 1.807) is 12.1 Å². The second kappa shape index (κ2) is 6.13. The summed E-state index contributed by atoms with van der Waals surface area (Å²) in [6, 6.07) is 7.66. The van der Waals surface area contributed by atoms with E-state index < -0.39 is 23.2 Å². The molecule has 0 amide bonds. The summed E-state index contributed by atoms with van der Waals surface area (Å²) in [7, 11) is 0. The van der Waals surface area contributed by atoms with Crippen LogP contribution in [-0.4, -0.2) is 9.55 Å². The maximum atomic E-state index is 13.6. The molecule has 1 unspecified atom stereocenters. The van der Waals surface area contributed by atoms with Gasteiger partial charge in [-0.05, 0) is 37.1 Å². The van der Waals surface area contributed by atoms with Crippen molar-refractivity contribution in [3.05, 3.63) is 69.8 Å². The number of halogens is 2. The number of fused-ring (bicyclic) bond motifs is 1. The van der Waals surface area contributed by atoms with Gasteiger partial charge < -0.3 is 5.73 Å². The molecule has 0 bridgehead atoms. The number of benzene rings is 2. The van der Waals surface area contributed by atoms with Crippen molar-refractivity contribution in [3.63, 3.8) is 0 Å². The number of aromatic nitrogens is 2. The second-order valence-electron chi connectivity index (χ2n) is 5.72. The molecule has 0 aliphatic heterocycles. The quantitative estimate of drug-likeness (QED) is 0.801. The van der Waals surface area contributed by atoms with Gasteiger partial charge in [-0.2, -0.15) is 0 Å². The minimum atomic E-state index is -0.766. The molecular weight excluding hydrogens is 312 g/mol. The van der Waals surface area contributed by atoms with Gasteiger partial charge in [-0.25, -0.2) is 13.8 Å². The molecule has 0 spiro atoms. The predicted octanol–water partition coefficient (Wildman–Crippen LogP) is 3.38. The third kappa shape index (κ3) is 2.69. The van der Waals surface area contributed by atoms with Crippen LogP contribution in [0.15, 0.2) is 41.2 Å². The molecule has 0 saturated carbocycles. The molecule has 0 aliphatic rings. The number of rotatable bonds is 3. The van der Waals surface area contributed by atoms with Gasteiger partial charge in [0.05, 0.1) is 22.6 Å². The molecule has 1 aromatic heterocycles. The smallest absolute Gasteiger partial charge is 0.266 e. The minimum absolute atomic E-state index is 0.0762. The molecule has 0 aliphatic carbocycles. The molecular formula is C18H17F2N3O. The number of nitrogens with two attached hydrogens (primary N) is 1. The van der Waals surface area contributed by atoms with Crippen LogP contribution < -0.4 is 11.3 Å². The zero-order valence-electron chi connectivity index (χ0n) is 13.4. The van der Waals surface area contributed by atoms with E-state index in [1.165, 1.54) is 4.57 Å². The normalized spacial score (nSPS) is 12.5. The van der Waals surface area contributed by atoms with Crippen LogP contribution >= 0.6 is 0 Å². The first kappa shape index (κ1) is 16.3. The summed E-state index contributed by atoms with van der Waals surface area (Å²) in [4.78, 5) is 17.5. The van der Waals surface area contributed by atoms with Gasteiger partial charge in [-0.15, -0.1) is 0 Å². The van der Waals surface area contributed by atoms with E-state index in [9.17, 15) is 13.6 Å². The van der Waals surface area contributed by atoms with E-state index in [0.29, 0.717) is 17.3 Å². The largest absolute Gasteiger partial charge is 0.321 e.